The van der Waals surface area contributed by atoms with E-state index in [9.17, 15) is 0 Å². The third kappa shape index (κ3) is 1.32. The predicted molar refractivity (Wildman–Crippen MR) is 41.6 cm³/mol. The molecule has 2 aliphatic rings. The van der Waals surface area contributed by atoms with E-state index in [1.807, 2.05) is 0 Å². The zero-order chi connectivity index (χ0) is 6.81. The van der Waals surface area contributed by atoms with Gasteiger partial charge in [-0.15, -0.1) is 0 Å². The van der Waals surface area contributed by atoms with Gasteiger partial charge in [0.15, 0.2) is 0 Å². The van der Waals surface area contributed by atoms with E-state index in [4.69, 9.17) is 0 Å². The minimum absolute atomic E-state index is 0.832. The highest BCUT2D eigenvalue weighted by Crippen LogP contribution is 2.19. The monoisotopic (exact) mass is 140 g/mol. The third-order valence-electron chi connectivity index (χ3n) is 2.58. The van der Waals surface area contributed by atoms with E-state index in [0.29, 0.717) is 0 Å². The number of nitrogens with one attached hydrogen (secondary N) is 1. The van der Waals surface area contributed by atoms with Gasteiger partial charge in [0, 0.05) is 19.1 Å². The summed E-state index contributed by atoms with van der Waals surface area (Å²) >= 11 is 0. The van der Waals surface area contributed by atoms with Crippen molar-refractivity contribution in [1.82, 2.24) is 10.4 Å². The van der Waals surface area contributed by atoms with Crippen LogP contribution in [0.2, 0.25) is 0 Å². The molecule has 2 heteroatoms. The van der Waals surface area contributed by atoms with Crippen molar-refractivity contribution in [2.75, 3.05) is 13.1 Å². The van der Waals surface area contributed by atoms with Gasteiger partial charge in [0.25, 0.3) is 0 Å². The summed E-state index contributed by atoms with van der Waals surface area (Å²) in [6.07, 6.45) is 7.01. The Morgan fingerprint density at radius 3 is 2.20 bits per heavy atom. The van der Waals surface area contributed by atoms with Crippen LogP contribution in [0.25, 0.3) is 0 Å². The summed E-state index contributed by atoms with van der Waals surface area (Å²) in [5.74, 6) is 0. The van der Waals surface area contributed by atoms with Crippen molar-refractivity contribution in [1.29, 1.82) is 0 Å². The average Bonchev–Trinajstić information content (AvgIpc) is 2.29. The second-order valence-corrected chi connectivity index (χ2v) is 3.45. The van der Waals surface area contributed by atoms with Crippen LogP contribution in [0, 0.1) is 0 Å². The Kier molecular flexibility index (Phi) is 1.91. The van der Waals surface area contributed by atoms with Crippen molar-refractivity contribution in [3.63, 3.8) is 0 Å². The summed E-state index contributed by atoms with van der Waals surface area (Å²) in [6, 6.07) is 0.832. The van der Waals surface area contributed by atoms with Crippen LogP contribution in [0.15, 0.2) is 0 Å². The van der Waals surface area contributed by atoms with E-state index < -0.39 is 0 Å². The van der Waals surface area contributed by atoms with Crippen molar-refractivity contribution < 1.29 is 0 Å². The molecule has 0 aromatic rings. The molecule has 0 bridgehead atoms. The first-order valence-corrected chi connectivity index (χ1v) is 4.46. The molecule has 1 N–H and O–H groups in total. The lowest BCUT2D eigenvalue weighted by molar-refractivity contribution is 0.152. The van der Waals surface area contributed by atoms with Gasteiger partial charge in [0.2, 0.25) is 0 Å². The molecule has 1 saturated heterocycles. The SMILES string of the molecule is C1CC(NN2CCCC2)C1. The molecule has 2 rings (SSSR count). The molecule has 0 amide bonds. The summed E-state index contributed by atoms with van der Waals surface area (Å²) in [5, 5.41) is 2.39. The summed E-state index contributed by atoms with van der Waals surface area (Å²) < 4.78 is 0. The van der Waals surface area contributed by atoms with Gasteiger partial charge in [-0.25, -0.2) is 5.01 Å². The second-order valence-electron chi connectivity index (χ2n) is 3.45. The summed E-state index contributed by atoms with van der Waals surface area (Å²) in [7, 11) is 0. The molecule has 0 aromatic carbocycles. The standard InChI is InChI=1S/C8H16N2/c1-2-7-10(6-1)9-8-4-3-5-8/h8-9H,1-7H2. The molecule has 1 aliphatic carbocycles. The van der Waals surface area contributed by atoms with Gasteiger partial charge in [0.05, 0.1) is 0 Å². The van der Waals surface area contributed by atoms with Crippen LogP contribution in [-0.4, -0.2) is 24.1 Å². The number of nitrogens with zero attached hydrogens (tertiary/aromatic N) is 1. The van der Waals surface area contributed by atoms with Gasteiger partial charge < -0.3 is 0 Å². The molecule has 0 spiro atoms. The van der Waals surface area contributed by atoms with Gasteiger partial charge in [-0.1, -0.05) is 6.42 Å². The van der Waals surface area contributed by atoms with E-state index in [1.54, 1.807) is 0 Å². The van der Waals surface area contributed by atoms with Gasteiger partial charge in [-0.05, 0) is 25.7 Å². The highest BCUT2D eigenvalue weighted by molar-refractivity contribution is 4.76. The van der Waals surface area contributed by atoms with Gasteiger partial charge in [-0.3, -0.25) is 5.43 Å². The van der Waals surface area contributed by atoms with E-state index in [2.05, 4.69) is 10.4 Å². The third-order valence-corrected chi connectivity index (χ3v) is 2.58. The minimum Gasteiger partial charge on any atom is -0.252 e. The van der Waals surface area contributed by atoms with E-state index >= 15 is 0 Å². The normalized spacial score (nSPS) is 28.8. The van der Waals surface area contributed by atoms with E-state index in [1.165, 1.54) is 45.2 Å². The molecule has 10 heavy (non-hydrogen) atoms. The van der Waals surface area contributed by atoms with Crippen LogP contribution < -0.4 is 5.43 Å². The van der Waals surface area contributed by atoms with Crippen LogP contribution in [-0.2, 0) is 0 Å². The number of rotatable bonds is 2. The topological polar surface area (TPSA) is 15.3 Å². The van der Waals surface area contributed by atoms with Crippen LogP contribution >= 0.6 is 0 Å². The maximum absolute atomic E-state index is 3.55. The van der Waals surface area contributed by atoms with Crippen LogP contribution in [0.1, 0.15) is 32.1 Å². The maximum atomic E-state index is 3.55. The zero-order valence-corrected chi connectivity index (χ0v) is 6.47. The van der Waals surface area contributed by atoms with Gasteiger partial charge in [-0.2, -0.15) is 0 Å². The molecule has 0 unspecified atom stereocenters. The first kappa shape index (κ1) is 6.62. The van der Waals surface area contributed by atoms with Crippen molar-refractivity contribution in [2.45, 2.75) is 38.1 Å². The van der Waals surface area contributed by atoms with Crippen LogP contribution in [0.5, 0.6) is 0 Å². The number of hydrazine groups is 1. The Bertz CT molecular complexity index is 104. The average molecular weight is 140 g/mol. The Morgan fingerprint density at radius 1 is 1.00 bits per heavy atom. The maximum Gasteiger partial charge on any atom is 0.0215 e. The molecule has 0 radical (unpaired) electrons. The van der Waals surface area contributed by atoms with E-state index in [0.717, 1.165) is 6.04 Å². The lowest BCUT2D eigenvalue weighted by atomic mass is 9.94. The van der Waals surface area contributed by atoms with Crippen molar-refractivity contribution in [3.8, 4) is 0 Å². The molecule has 2 nitrogen and oxygen atoms in total. The highest BCUT2D eigenvalue weighted by atomic mass is 15.5. The molecule has 0 aromatic heterocycles. The van der Waals surface area contributed by atoms with Crippen LogP contribution in [0.4, 0.5) is 0 Å². The molecule has 0 atom stereocenters. The fourth-order valence-corrected chi connectivity index (χ4v) is 1.64. The molecule has 1 heterocycles. The van der Waals surface area contributed by atoms with Crippen molar-refractivity contribution in [2.24, 2.45) is 0 Å². The van der Waals surface area contributed by atoms with Gasteiger partial charge >= 0.3 is 0 Å². The number of hydrogen-bond donors (Lipinski definition) is 1. The second kappa shape index (κ2) is 2.89. The summed E-state index contributed by atoms with van der Waals surface area (Å²) in [6.45, 7) is 2.55. The highest BCUT2D eigenvalue weighted by Gasteiger charge is 2.21. The Morgan fingerprint density at radius 2 is 1.70 bits per heavy atom. The van der Waals surface area contributed by atoms with Crippen molar-refractivity contribution in [3.05, 3.63) is 0 Å². The van der Waals surface area contributed by atoms with E-state index in [-0.39, 0.29) is 0 Å². The first-order chi connectivity index (χ1) is 4.95. The number of hydrogen-bond acceptors (Lipinski definition) is 2. The summed E-state index contributed by atoms with van der Waals surface area (Å²) in [5.41, 5.74) is 3.55. The molecular weight excluding hydrogens is 124 g/mol. The minimum atomic E-state index is 0.832. The molecule has 1 aliphatic heterocycles. The summed E-state index contributed by atoms with van der Waals surface area (Å²) in [4.78, 5) is 0. The van der Waals surface area contributed by atoms with Crippen molar-refractivity contribution >= 4 is 0 Å². The Labute approximate surface area is 62.6 Å². The molecule has 1 saturated carbocycles. The fraction of sp³-hybridized carbons (Fsp3) is 1.00. The lowest BCUT2D eigenvalue weighted by Gasteiger charge is -2.31. The lowest BCUT2D eigenvalue weighted by Crippen LogP contribution is -2.46. The Hall–Kier alpha value is -0.0800. The fourth-order valence-electron chi connectivity index (χ4n) is 1.64. The quantitative estimate of drug-likeness (QED) is 0.618. The predicted octanol–water partition coefficient (Wildman–Crippen LogP) is 1.14. The smallest absolute Gasteiger partial charge is 0.0215 e. The van der Waals surface area contributed by atoms with Crippen LogP contribution in [0.3, 0.4) is 0 Å². The first-order valence-electron chi connectivity index (χ1n) is 4.46. The Balaban J connectivity index is 1.68. The van der Waals surface area contributed by atoms with Gasteiger partial charge in [0.1, 0.15) is 0 Å². The largest absolute Gasteiger partial charge is 0.252 e. The molecular formula is C8H16N2. The molecule has 2 fully saturated rings. The molecule has 58 valence electrons. The zero-order valence-electron chi connectivity index (χ0n) is 6.47.